The lowest BCUT2D eigenvalue weighted by Crippen LogP contribution is -2.10. The summed E-state index contributed by atoms with van der Waals surface area (Å²) in [6.45, 7) is 5.37. The Morgan fingerprint density at radius 1 is 1.00 bits per heavy atom. The highest BCUT2D eigenvalue weighted by Crippen LogP contribution is 2.39. The molecule has 0 radical (unpaired) electrons. The summed E-state index contributed by atoms with van der Waals surface area (Å²) in [5, 5.41) is 0. The van der Waals surface area contributed by atoms with Crippen LogP contribution in [0, 0.1) is 6.92 Å². The maximum Gasteiger partial charge on any atom is 0.343 e. The largest absolute Gasteiger partial charge is 0.497 e. The minimum absolute atomic E-state index is 0.163. The fourth-order valence-electron chi connectivity index (χ4n) is 2.78. The first kappa shape index (κ1) is 18.5. The molecule has 0 spiro atoms. The summed E-state index contributed by atoms with van der Waals surface area (Å²) in [5.41, 5.74) is 2.12. The van der Waals surface area contributed by atoms with Crippen molar-refractivity contribution in [3.8, 4) is 23.0 Å². The summed E-state index contributed by atoms with van der Waals surface area (Å²) in [6, 6.07) is 8.00. The molecule has 0 amide bonds. The predicted octanol–water partition coefficient (Wildman–Crippen LogP) is 4.10. The number of hydrogen-bond donors (Lipinski definition) is 0. The summed E-state index contributed by atoms with van der Waals surface area (Å²) >= 11 is 0. The van der Waals surface area contributed by atoms with Crippen LogP contribution in [0.1, 0.15) is 40.1 Å². The number of Topliss-reactive ketones (excluding diaryl/α,β-unsaturated/α-hetero) is 1. The van der Waals surface area contributed by atoms with Gasteiger partial charge >= 0.3 is 5.97 Å². The number of fused-ring (bicyclic) bond motifs is 1. The van der Waals surface area contributed by atoms with Gasteiger partial charge in [-0.25, -0.2) is 4.79 Å². The fraction of sp³-hybridized carbons (Fsp3) is 0.238. The molecule has 1 heterocycles. The van der Waals surface area contributed by atoms with E-state index in [1.54, 1.807) is 37.3 Å². The molecule has 0 atom stereocenters. The number of ketones is 1. The van der Waals surface area contributed by atoms with Gasteiger partial charge in [0.15, 0.2) is 5.76 Å². The van der Waals surface area contributed by atoms with Crippen molar-refractivity contribution in [2.24, 2.45) is 0 Å². The minimum Gasteiger partial charge on any atom is -0.497 e. The van der Waals surface area contributed by atoms with Gasteiger partial charge in [0.2, 0.25) is 5.78 Å². The zero-order chi connectivity index (χ0) is 19.7. The van der Waals surface area contributed by atoms with Gasteiger partial charge < -0.3 is 18.9 Å². The standard InChI is InChI=1S/C21H20O6/c1-11(2)19-18(22)16-6-7-17(12(3)20(16)27-19)26-21(23)13-8-14(24-4)10-15(9-13)25-5/h6-10H,1-5H3. The SMILES string of the molecule is COc1cc(OC)cc(C(=O)Oc2ccc3c(c2C)OC(=C(C)C)C3=O)c1. The van der Waals surface area contributed by atoms with E-state index in [1.165, 1.54) is 14.2 Å². The molecule has 2 aromatic carbocycles. The van der Waals surface area contributed by atoms with Gasteiger partial charge in [0, 0.05) is 11.6 Å². The molecular formula is C21H20O6. The molecule has 6 heteroatoms. The normalized spacial score (nSPS) is 12.3. The van der Waals surface area contributed by atoms with E-state index < -0.39 is 5.97 Å². The van der Waals surface area contributed by atoms with Crippen LogP contribution >= 0.6 is 0 Å². The van der Waals surface area contributed by atoms with Crippen LogP contribution in [0.3, 0.4) is 0 Å². The Hall–Kier alpha value is -3.28. The van der Waals surface area contributed by atoms with Crippen LogP contribution in [0.25, 0.3) is 0 Å². The Bertz CT molecular complexity index is 945. The predicted molar refractivity (Wildman–Crippen MR) is 99.0 cm³/mol. The topological polar surface area (TPSA) is 71.1 Å². The third-order valence-corrected chi connectivity index (χ3v) is 4.26. The number of carbonyl (C=O) groups is 2. The lowest BCUT2D eigenvalue weighted by molar-refractivity contribution is 0.0732. The molecule has 0 saturated heterocycles. The van der Waals surface area contributed by atoms with Crippen LogP contribution in [-0.2, 0) is 0 Å². The van der Waals surface area contributed by atoms with Crippen molar-refractivity contribution in [1.29, 1.82) is 0 Å². The highest BCUT2D eigenvalue weighted by molar-refractivity contribution is 6.13. The van der Waals surface area contributed by atoms with Crippen molar-refractivity contribution in [3.63, 3.8) is 0 Å². The minimum atomic E-state index is -0.568. The smallest absolute Gasteiger partial charge is 0.343 e. The Kier molecular flexibility index (Phi) is 4.90. The molecule has 0 aromatic heterocycles. The van der Waals surface area contributed by atoms with Crippen LogP contribution in [0.15, 0.2) is 41.7 Å². The van der Waals surface area contributed by atoms with Crippen molar-refractivity contribution < 1.29 is 28.5 Å². The Balaban J connectivity index is 1.92. The number of carbonyl (C=O) groups excluding carboxylic acids is 2. The second kappa shape index (κ2) is 7.15. The van der Waals surface area contributed by atoms with Crippen LogP contribution < -0.4 is 18.9 Å². The van der Waals surface area contributed by atoms with Crippen molar-refractivity contribution in [2.45, 2.75) is 20.8 Å². The molecule has 0 fully saturated rings. The highest BCUT2D eigenvalue weighted by atomic mass is 16.5. The molecule has 2 aromatic rings. The van der Waals surface area contributed by atoms with Crippen molar-refractivity contribution in [2.75, 3.05) is 14.2 Å². The Labute approximate surface area is 157 Å². The van der Waals surface area contributed by atoms with Gasteiger partial charge in [0.05, 0.1) is 25.3 Å². The van der Waals surface area contributed by atoms with Gasteiger partial charge in [-0.05, 0) is 50.6 Å². The molecule has 0 bridgehead atoms. The lowest BCUT2D eigenvalue weighted by atomic mass is 10.1. The van der Waals surface area contributed by atoms with Gasteiger partial charge in [-0.3, -0.25) is 4.79 Å². The van der Waals surface area contributed by atoms with Crippen LogP contribution in [0.5, 0.6) is 23.0 Å². The monoisotopic (exact) mass is 368 g/mol. The van der Waals surface area contributed by atoms with E-state index in [4.69, 9.17) is 18.9 Å². The molecule has 27 heavy (non-hydrogen) atoms. The quantitative estimate of drug-likeness (QED) is 0.460. The number of hydrogen-bond acceptors (Lipinski definition) is 6. The van der Waals surface area contributed by atoms with Crippen LogP contribution in [0.2, 0.25) is 0 Å². The van der Waals surface area contributed by atoms with E-state index >= 15 is 0 Å². The maximum atomic E-state index is 12.6. The first-order valence-corrected chi connectivity index (χ1v) is 8.34. The molecule has 0 N–H and O–H groups in total. The fourth-order valence-corrected chi connectivity index (χ4v) is 2.78. The third kappa shape index (κ3) is 3.38. The van der Waals surface area contributed by atoms with Gasteiger partial charge in [0.25, 0.3) is 0 Å². The molecule has 0 saturated carbocycles. The zero-order valence-corrected chi connectivity index (χ0v) is 15.8. The molecule has 1 aliphatic rings. The number of esters is 1. The number of allylic oxidation sites excluding steroid dienone is 2. The molecular weight excluding hydrogens is 348 g/mol. The van der Waals surface area contributed by atoms with E-state index in [-0.39, 0.29) is 11.3 Å². The van der Waals surface area contributed by atoms with Gasteiger partial charge in [-0.15, -0.1) is 0 Å². The van der Waals surface area contributed by atoms with E-state index in [0.29, 0.717) is 39.9 Å². The summed E-state index contributed by atoms with van der Waals surface area (Å²) < 4.78 is 21.6. The van der Waals surface area contributed by atoms with Gasteiger partial charge in [-0.2, -0.15) is 0 Å². The summed E-state index contributed by atoms with van der Waals surface area (Å²) in [4.78, 5) is 25.0. The molecule has 3 rings (SSSR count). The van der Waals surface area contributed by atoms with Crippen molar-refractivity contribution >= 4 is 11.8 Å². The first-order chi connectivity index (χ1) is 12.8. The number of rotatable bonds is 4. The summed E-state index contributed by atoms with van der Waals surface area (Å²) in [7, 11) is 3.01. The zero-order valence-electron chi connectivity index (χ0n) is 15.8. The Morgan fingerprint density at radius 2 is 1.63 bits per heavy atom. The molecule has 6 nitrogen and oxygen atoms in total. The average Bonchev–Trinajstić information content (AvgIpc) is 3.01. The molecule has 0 unspecified atom stereocenters. The lowest BCUT2D eigenvalue weighted by Gasteiger charge is -2.11. The number of methoxy groups -OCH3 is 2. The van der Waals surface area contributed by atoms with E-state index in [1.807, 2.05) is 13.8 Å². The second-order valence-corrected chi connectivity index (χ2v) is 6.32. The first-order valence-electron chi connectivity index (χ1n) is 8.34. The van der Waals surface area contributed by atoms with E-state index in [9.17, 15) is 9.59 Å². The second-order valence-electron chi connectivity index (χ2n) is 6.32. The average molecular weight is 368 g/mol. The maximum absolute atomic E-state index is 12.6. The molecule has 1 aliphatic heterocycles. The van der Waals surface area contributed by atoms with E-state index in [0.717, 1.165) is 5.57 Å². The highest BCUT2D eigenvalue weighted by Gasteiger charge is 2.31. The summed E-state index contributed by atoms with van der Waals surface area (Å²) in [6.07, 6.45) is 0. The van der Waals surface area contributed by atoms with Crippen LogP contribution in [-0.4, -0.2) is 26.0 Å². The van der Waals surface area contributed by atoms with Gasteiger partial charge in [0.1, 0.15) is 23.0 Å². The summed E-state index contributed by atoms with van der Waals surface area (Å²) in [5.74, 6) is 1.29. The Morgan fingerprint density at radius 3 is 2.19 bits per heavy atom. The molecule has 0 aliphatic carbocycles. The number of ether oxygens (including phenoxy) is 4. The van der Waals surface area contributed by atoms with Crippen molar-refractivity contribution in [1.82, 2.24) is 0 Å². The van der Waals surface area contributed by atoms with Crippen LogP contribution in [0.4, 0.5) is 0 Å². The van der Waals surface area contributed by atoms with Crippen molar-refractivity contribution in [3.05, 3.63) is 58.4 Å². The number of benzene rings is 2. The molecule has 140 valence electrons. The third-order valence-electron chi connectivity index (χ3n) is 4.26. The van der Waals surface area contributed by atoms with E-state index in [2.05, 4.69) is 0 Å². The van der Waals surface area contributed by atoms with Gasteiger partial charge in [-0.1, -0.05) is 0 Å².